The number of aromatic nitrogens is 2. The predicted octanol–water partition coefficient (Wildman–Crippen LogP) is 5.30. The van der Waals surface area contributed by atoms with E-state index < -0.39 is 0 Å². The number of rotatable bonds is 6. The lowest BCUT2D eigenvalue weighted by Crippen LogP contribution is -2.05. The molecule has 0 aliphatic rings. The van der Waals surface area contributed by atoms with E-state index in [-0.39, 0.29) is 0 Å². The topological polar surface area (TPSA) is 56.3 Å². The highest BCUT2D eigenvalue weighted by atomic mass is 32.1. The van der Waals surface area contributed by atoms with Crippen molar-refractivity contribution in [2.24, 2.45) is 0 Å². The highest BCUT2D eigenvalue weighted by Crippen LogP contribution is 2.37. The number of nitrogens with zero attached hydrogens (tertiary/aromatic N) is 2. The molecule has 0 atom stereocenters. The Bertz CT molecular complexity index is 1110. The van der Waals surface area contributed by atoms with Crippen LogP contribution in [0.3, 0.4) is 0 Å². The zero-order valence-corrected chi connectivity index (χ0v) is 16.8. The number of benzene rings is 2. The van der Waals surface area contributed by atoms with E-state index >= 15 is 0 Å². The molecule has 0 aliphatic heterocycles. The Morgan fingerprint density at radius 3 is 2.50 bits per heavy atom. The fourth-order valence-electron chi connectivity index (χ4n) is 3.19. The van der Waals surface area contributed by atoms with Crippen LogP contribution in [0.4, 0.5) is 5.82 Å². The lowest BCUT2D eigenvalue weighted by atomic mass is 10.1. The quantitative estimate of drug-likeness (QED) is 0.484. The molecule has 0 saturated carbocycles. The van der Waals surface area contributed by atoms with Crippen molar-refractivity contribution >= 4 is 27.4 Å². The van der Waals surface area contributed by atoms with Gasteiger partial charge in [0.2, 0.25) is 0 Å². The smallest absolute Gasteiger partial charge is 0.139 e. The normalized spacial score (nSPS) is 10.8. The maximum atomic E-state index is 5.46. The van der Waals surface area contributed by atoms with E-state index in [9.17, 15) is 0 Å². The molecular weight excluding hydrogens is 370 g/mol. The van der Waals surface area contributed by atoms with Crippen molar-refractivity contribution in [1.29, 1.82) is 0 Å². The Balaban J connectivity index is 1.73. The molecule has 2 aromatic carbocycles. The van der Waals surface area contributed by atoms with Crippen LogP contribution in [0.1, 0.15) is 11.4 Å². The maximum absolute atomic E-state index is 5.46. The summed E-state index contributed by atoms with van der Waals surface area (Å²) in [6.07, 6.45) is 0. The molecule has 0 spiro atoms. The Labute approximate surface area is 168 Å². The standard InChI is InChI=1S/C22H21N3O2S/c1-14-24-21(23-12-16-6-4-5-7-19(16)27-3)20-18(13-28-22(20)25-14)15-8-10-17(26-2)11-9-15/h4-11,13H,12H2,1-3H3,(H,23,24,25). The Hall–Kier alpha value is -3.12. The first-order chi connectivity index (χ1) is 13.7. The molecule has 2 aromatic heterocycles. The average molecular weight is 391 g/mol. The molecule has 5 nitrogen and oxygen atoms in total. The van der Waals surface area contributed by atoms with Gasteiger partial charge in [0.1, 0.15) is 28.0 Å². The van der Waals surface area contributed by atoms with Gasteiger partial charge in [-0.05, 0) is 30.7 Å². The van der Waals surface area contributed by atoms with Crippen molar-refractivity contribution in [3.63, 3.8) is 0 Å². The summed E-state index contributed by atoms with van der Waals surface area (Å²) in [7, 11) is 3.36. The van der Waals surface area contributed by atoms with Crippen LogP contribution in [-0.2, 0) is 6.54 Å². The summed E-state index contributed by atoms with van der Waals surface area (Å²) in [6, 6.07) is 16.0. The number of aryl methyl sites for hydroxylation is 1. The van der Waals surface area contributed by atoms with Gasteiger partial charge in [0.05, 0.1) is 19.6 Å². The molecule has 4 rings (SSSR count). The summed E-state index contributed by atoms with van der Waals surface area (Å²) in [5, 5.41) is 6.66. The molecule has 0 saturated heterocycles. The maximum Gasteiger partial charge on any atom is 0.139 e. The second-order valence-electron chi connectivity index (χ2n) is 6.34. The van der Waals surface area contributed by atoms with E-state index in [0.29, 0.717) is 6.54 Å². The Morgan fingerprint density at radius 2 is 1.75 bits per heavy atom. The van der Waals surface area contributed by atoms with Crippen LogP contribution in [-0.4, -0.2) is 24.2 Å². The van der Waals surface area contributed by atoms with E-state index in [2.05, 4.69) is 38.9 Å². The zero-order valence-electron chi connectivity index (χ0n) is 16.0. The van der Waals surface area contributed by atoms with E-state index in [1.54, 1.807) is 25.6 Å². The highest BCUT2D eigenvalue weighted by molar-refractivity contribution is 7.17. The van der Waals surface area contributed by atoms with Gasteiger partial charge in [-0.15, -0.1) is 11.3 Å². The largest absolute Gasteiger partial charge is 0.497 e. The van der Waals surface area contributed by atoms with Crippen LogP contribution in [0.2, 0.25) is 0 Å². The molecule has 0 aliphatic carbocycles. The van der Waals surface area contributed by atoms with Crippen molar-refractivity contribution in [3.8, 4) is 22.6 Å². The van der Waals surface area contributed by atoms with Gasteiger partial charge in [-0.25, -0.2) is 9.97 Å². The number of para-hydroxylation sites is 1. The van der Waals surface area contributed by atoms with E-state index in [4.69, 9.17) is 9.47 Å². The van der Waals surface area contributed by atoms with Crippen LogP contribution >= 0.6 is 11.3 Å². The van der Waals surface area contributed by atoms with Crippen molar-refractivity contribution in [1.82, 2.24) is 9.97 Å². The van der Waals surface area contributed by atoms with Gasteiger partial charge in [0.15, 0.2) is 0 Å². The minimum atomic E-state index is 0.619. The number of ether oxygens (including phenoxy) is 2. The van der Waals surface area contributed by atoms with E-state index in [0.717, 1.165) is 50.0 Å². The number of hydrogen-bond donors (Lipinski definition) is 1. The van der Waals surface area contributed by atoms with Gasteiger partial charge in [0.25, 0.3) is 0 Å². The number of anilines is 1. The molecule has 0 fully saturated rings. The van der Waals surface area contributed by atoms with Crippen LogP contribution in [0, 0.1) is 6.92 Å². The highest BCUT2D eigenvalue weighted by Gasteiger charge is 2.15. The number of nitrogens with one attached hydrogen (secondary N) is 1. The second-order valence-corrected chi connectivity index (χ2v) is 7.20. The Kier molecular flexibility index (Phi) is 5.12. The molecule has 4 aromatic rings. The molecule has 2 heterocycles. The van der Waals surface area contributed by atoms with E-state index in [1.165, 1.54) is 0 Å². The number of hydrogen-bond acceptors (Lipinski definition) is 6. The molecule has 28 heavy (non-hydrogen) atoms. The fraction of sp³-hybridized carbons (Fsp3) is 0.182. The average Bonchev–Trinajstić information content (AvgIpc) is 3.16. The van der Waals surface area contributed by atoms with Crippen LogP contribution in [0.25, 0.3) is 21.3 Å². The Morgan fingerprint density at radius 1 is 0.964 bits per heavy atom. The van der Waals surface area contributed by atoms with Gasteiger partial charge in [0, 0.05) is 23.1 Å². The molecule has 0 unspecified atom stereocenters. The van der Waals surface area contributed by atoms with Gasteiger partial charge >= 0.3 is 0 Å². The summed E-state index contributed by atoms with van der Waals surface area (Å²) >= 11 is 1.63. The minimum absolute atomic E-state index is 0.619. The van der Waals surface area contributed by atoms with Crippen molar-refractivity contribution in [2.45, 2.75) is 13.5 Å². The number of fused-ring (bicyclic) bond motifs is 1. The first-order valence-electron chi connectivity index (χ1n) is 8.95. The van der Waals surface area contributed by atoms with E-state index in [1.807, 2.05) is 37.3 Å². The van der Waals surface area contributed by atoms with Gasteiger partial charge in [-0.3, -0.25) is 0 Å². The van der Waals surface area contributed by atoms with Crippen molar-refractivity contribution in [3.05, 3.63) is 65.3 Å². The third-order valence-electron chi connectivity index (χ3n) is 4.59. The van der Waals surface area contributed by atoms with Gasteiger partial charge in [-0.2, -0.15) is 0 Å². The molecular formula is C22H21N3O2S. The number of methoxy groups -OCH3 is 2. The fourth-order valence-corrected chi connectivity index (χ4v) is 4.18. The monoisotopic (exact) mass is 391 g/mol. The zero-order chi connectivity index (χ0) is 19.5. The predicted molar refractivity (Wildman–Crippen MR) is 114 cm³/mol. The van der Waals surface area contributed by atoms with Crippen LogP contribution in [0.15, 0.2) is 53.9 Å². The SMILES string of the molecule is COc1ccc(-c2csc3nc(C)nc(NCc4ccccc4OC)c23)cc1. The van der Waals surface area contributed by atoms with Crippen molar-refractivity contribution < 1.29 is 9.47 Å². The lowest BCUT2D eigenvalue weighted by Gasteiger charge is -2.12. The minimum Gasteiger partial charge on any atom is -0.497 e. The molecule has 0 radical (unpaired) electrons. The lowest BCUT2D eigenvalue weighted by molar-refractivity contribution is 0.410. The molecule has 0 amide bonds. The van der Waals surface area contributed by atoms with Gasteiger partial charge in [-0.1, -0.05) is 30.3 Å². The van der Waals surface area contributed by atoms with Crippen LogP contribution in [0.5, 0.6) is 11.5 Å². The molecule has 6 heteroatoms. The molecule has 0 bridgehead atoms. The summed E-state index contributed by atoms with van der Waals surface area (Å²) in [6.45, 7) is 2.54. The summed E-state index contributed by atoms with van der Waals surface area (Å²) in [5.41, 5.74) is 3.31. The summed E-state index contributed by atoms with van der Waals surface area (Å²) in [5.74, 6) is 3.28. The van der Waals surface area contributed by atoms with Gasteiger partial charge < -0.3 is 14.8 Å². The third kappa shape index (κ3) is 3.51. The molecule has 1 N–H and O–H groups in total. The number of thiophene rings is 1. The van der Waals surface area contributed by atoms with Crippen LogP contribution < -0.4 is 14.8 Å². The van der Waals surface area contributed by atoms with Crippen molar-refractivity contribution in [2.75, 3.05) is 19.5 Å². The second kappa shape index (κ2) is 7.86. The first kappa shape index (κ1) is 18.3. The third-order valence-corrected chi connectivity index (χ3v) is 5.46. The summed E-state index contributed by atoms with van der Waals surface area (Å²) in [4.78, 5) is 10.3. The summed E-state index contributed by atoms with van der Waals surface area (Å²) < 4.78 is 10.7. The first-order valence-corrected chi connectivity index (χ1v) is 9.83. The molecule has 142 valence electrons.